The Morgan fingerprint density at radius 2 is 1.42 bits per heavy atom. The minimum atomic E-state index is -0.776. The molecule has 10 nitrogen and oxygen atoms in total. The second kappa shape index (κ2) is 17.9. The molecule has 0 radical (unpaired) electrons. The van der Waals surface area contributed by atoms with Gasteiger partial charge in [-0.05, 0) is 37.5 Å². The highest BCUT2D eigenvalue weighted by Gasteiger charge is 2.28. The van der Waals surface area contributed by atoms with Gasteiger partial charge in [-0.15, -0.1) is 0 Å². The number of Topliss-reactive ketones (excluding diaryl/α,β-unsaturated/α-hetero) is 1. The van der Waals surface area contributed by atoms with E-state index in [1.54, 1.807) is 6.92 Å². The Balaban J connectivity index is 4.99. The largest absolute Gasteiger partial charge is 0.356 e. The van der Waals surface area contributed by atoms with Crippen LogP contribution in [0.1, 0.15) is 87.5 Å². The summed E-state index contributed by atoms with van der Waals surface area (Å²) >= 11 is 0. The van der Waals surface area contributed by atoms with Gasteiger partial charge < -0.3 is 26.6 Å². The Bertz CT molecular complexity index is 724. The number of nitrogens with one attached hydrogen (secondary N) is 5. The molecule has 5 N–H and O–H groups in total. The van der Waals surface area contributed by atoms with Gasteiger partial charge in [-0.1, -0.05) is 48.5 Å². The first-order valence-corrected chi connectivity index (χ1v) is 13.2. The van der Waals surface area contributed by atoms with Crippen molar-refractivity contribution in [3.05, 3.63) is 0 Å². The van der Waals surface area contributed by atoms with E-state index in [9.17, 15) is 24.0 Å². The molecule has 0 aromatic carbocycles. The van der Waals surface area contributed by atoms with Crippen molar-refractivity contribution in [2.75, 3.05) is 13.1 Å². The number of unbranched alkanes of at least 4 members (excludes halogenated alkanes) is 1. The zero-order valence-electron chi connectivity index (χ0n) is 23.5. The van der Waals surface area contributed by atoms with Gasteiger partial charge in [-0.2, -0.15) is 0 Å². The van der Waals surface area contributed by atoms with Crippen molar-refractivity contribution < 1.29 is 24.0 Å². The van der Waals surface area contributed by atoms with Gasteiger partial charge in [0, 0.05) is 25.9 Å². The lowest BCUT2D eigenvalue weighted by molar-refractivity contribution is -0.132. The Kier molecular flexibility index (Phi) is 16.6. The predicted octanol–water partition coefficient (Wildman–Crippen LogP) is 1.43. The number of rotatable bonds is 18. The molecular weight excluding hydrogens is 462 g/mol. The summed E-state index contributed by atoms with van der Waals surface area (Å²) in [5, 5.41) is 14.1. The third-order valence-corrected chi connectivity index (χ3v) is 5.59. The highest BCUT2D eigenvalue weighted by Crippen LogP contribution is 2.09. The smallest absolute Gasteiger partial charge is 0.243 e. The first-order valence-electron chi connectivity index (χ1n) is 13.2. The molecule has 0 heterocycles. The fourth-order valence-electron chi connectivity index (χ4n) is 3.73. The molecule has 36 heavy (non-hydrogen) atoms. The van der Waals surface area contributed by atoms with Crippen molar-refractivity contribution in [3.8, 4) is 0 Å². The molecule has 3 unspecified atom stereocenters. The van der Waals surface area contributed by atoms with Crippen LogP contribution in [0.15, 0.2) is 0 Å². The number of hydrogen-bond donors (Lipinski definition) is 5. The molecule has 0 bridgehead atoms. The van der Waals surface area contributed by atoms with Gasteiger partial charge in [0.1, 0.15) is 6.04 Å². The van der Waals surface area contributed by atoms with Gasteiger partial charge in [-0.25, -0.2) is 0 Å². The van der Waals surface area contributed by atoms with Crippen LogP contribution in [0.25, 0.3) is 0 Å². The third-order valence-electron chi connectivity index (χ3n) is 5.59. The van der Waals surface area contributed by atoms with Gasteiger partial charge in [0.2, 0.25) is 23.6 Å². The second-order valence-corrected chi connectivity index (χ2v) is 10.4. The number of amides is 4. The Labute approximate surface area is 216 Å². The van der Waals surface area contributed by atoms with Crippen molar-refractivity contribution in [1.82, 2.24) is 26.6 Å². The van der Waals surface area contributed by atoms with E-state index in [0.29, 0.717) is 32.2 Å². The summed E-state index contributed by atoms with van der Waals surface area (Å²) in [4.78, 5) is 61.5. The molecule has 0 aromatic heterocycles. The van der Waals surface area contributed by atoms with Crippen LogP contribution in [0, 0.1) is 11.8 Å². The van der Waals surface area contributed by atoms with Crippen molar-refractivity contribution in [2.45, 2.75) is 112 Å². The van der Waals surface area contributed by atoms with Crippen molar-refractivity contribution in [1.29, 1.82) is 0 Å². The van der Waals surface area contributed by atoms with E-state index >= 15 is 0 Å². The quantitative estimate of drug-likeness (QED) is 0.176. The SMILES string of the molecule is CCC(=O)C(CCCCNC(C)=O)NC(=O)CNC(=O)C(CC(C)C)NC(=O)C(NC(C)C)C(C)C. The number of carbonyl (C=O) groups is 5. The number of ketones is 1. The van der Waals surface area contributed by atoms with Crippen LogP contribution in [0.4, 0.5) is 0 Å². The molecule has 0 aliphatic rings. The second-order valence-electron chi connectivity index (χ2n) is 10.4. The van der Waals surface area contributed by atoms with Gasteiger partial charge in [0.25, 0.3) is 0 Å². The van der Waals surface area contributed by atoms with E-state index in [4.69, 9.17) is 0 Å². The monoisotopic (exact) mass is 511 g/mol. The first-order chi connectivity index (χ1) is 16.8. The zero-order valence-corrected chi connectivity index (χ0v) is 23.5. The minimum absolute atomic E-state index is 0.0345. The summed E-state index contributed by atoms with van der Waals surface area (Å²) < 4.78 is 0. The lowest BCUT2D eigenvalue weighted by Gasteiger charge is -2.27. The molecule has 4 amide bonds. The highest BCUT2D eigenvalue weighted by atomic mass is 16.2. The highest BCUT2D eigenvalue weighted by molar-refractivity contribution is 5.93. The van der Waals surface area contributed by atoms with E-state index in [1.165, 1.54) is 6.92 Å². The van der Waals surface area contributed by atoms with E-state index in [0.717, 1.165) is 0 Å². The van der Waals surface area contributed by atoms with Crippen molar-refractivity contribution in [3.63, 3.8) is 0 Å². The topological polar surface area (TPSA) is 146 Å². The fraction of sp³-hybridized carbons (Fsp3) is 0.808. The van der Waals surface area contributed by atoms with Crippen molar-refractivity contribution >= 4 is 29.4 Å². The number of hydrogen-bond acceptors (Lipinski definition) is 6. The van der Waals surface area contributed by atoms with Crippen LogP contribution in [0.5, 0.6) is 0 Å². The number of carbonyl (C=O) groups excluding carboxylic acids is 5. The molecule has 0 spiro atoms. The molecule has 0 aromatic rings. The Hall–Kier alpha value is -2.49. The van der Waals surface area contributed by atoms with E-state index < -0.39 is 29.9 Å². The van der Waals surface area contributed by atoms with Crippen LogP contribution in [-0.4, -0.2) is 66.7 Å². The molecule has 10 heteroatoms. The van der Waals surface area contributed by atoms with Gasteiger partial charge in [-0.3, -0.25) is 24.0 Å². The van der Waals surface area contributed by atoms with Crippen LogP contribution >= 0.6 is 0 Å². The lowest BCUT2D eigenvalue weighted by Crippen LogP contribution is -2.56. The summed E-state index contributed by atoms with van der Waals surface area (Å²) in [6.07, 6.45) is 2.52. The zero-order chi connectivity index (χ0) is 27.8. The standard InChI is InChI=1S/C26H49N5O5/c1-9-22(33)20(12-10-11-13-27-19(8)32)30-23(34)15-28-25(35)21(14-16(2)3)31-26(36)24(17(4)5)29-18(6)7/h16-18,20-21,24,29H,9-15H2,1-8H3,(H,27,32)(H,28,35)(H,30,34)(H,31,36). The summed E-state index contributed by atoms with van der Waals surface area (Å²) in [6, 6.07) is -1.75. The van der Waals surface area contributed by atoms with Crippen LogP contribution in [0.2, 0.25) is 0 Å². The van der Waals surface area contributed by atoms with Crippen LogP contribution in [0.3, 0.4) is 0 Å². The van der Waals surface area contributed by atoms with Crippen LogP contribution in [-0.2, 0) is 24.0 Å². The van der Waals surface area contributed by atoms with Crippen LogP contribution < -0.4 is 26.6 Å². The average Bonchev–Trinajstić information content (AvgIpc) is 2.78. The maximum absolute atomic E-state index is 12.9. The fourth-order valence-corrected chi connectivity index (χ4v) is 3.73. The molecule has 0 aliphatic carbocycles. The summed E-state index contributed by atoms with van der Waals surface area (Å²) in [7, 11) is 0. The summed E-state index contributed by atoms with van der Waals surface area (Å²) in [5.74, 6) is -1.17. The maximum Gasteiger partial charge on any atom is 0.243 e. The third kappa shape index (κ3) is 14.8. The van der Waals surface area contributed by atoms with Crippen molar-refractivity contribution in [2.24, 2.45) is 11.8 Å². The maximum atomic E-state index is 12.9. The van der Waals surface area contributed by atoms with E-state index in [2.05, 4.69) is 26.6 Å². The van der Waals surface area contributed by atoms with E-state index in [1.807, 2.05) is 41.5 Å². The summed E-state index contributed by atoms with van der Waals surface area (Å²) in [6.45, 7) is 15.1. The first kappa shape index (κ1) is 33.5. The molecular formula is C26H49N5O5. The van der Waals surface area contributed by atoms with Gasteiger partial charge >= 0.3 is 0 Å². The normalized spacial score (nSPS) is 13.8. The molecule has 3 atom stereocenters. The molecule has 0 saturated heterocycles. The molecule has 208 valence electrons. The van der Waals surface area contributed by atoms with Gasteiger partial charge in [0.05, 0.1) is 18.6 Å². The Morgan fingerprint density at radius 3 is 1.92 bits per heavy atom. The lowest BCUT2D eigenvalue weighted by atomic mass is 9.99. The summed E-state index contributed by atoms with van der Waals surface area (Å²) in [5.41, 5.74) is 0. The van der Waals surface area contributed by atoms with Gasteiger partial charge in [0.15, 0.2) is 5.78 Å². The van der Waals surface area contributed by atoms with E-state index in [-0.39, 0.29) is 48.4 Å². The molecule has 0 fully saturated rings. The molecule has 0 aliphatic heterocycles. The minimum Gasteiger partial charge on any atom is -0.356 e. The average molecular weight is 512 g/mol. The molecule has 0 rings (SSSR count). The molecule has 0 saturated carbocycles. The predicted molar refractivity (Wildman–Crippen MR) is 141 cm³/mol. The Morgan fingerprint density at radius 1 is 0.778 bits per heavy atom.